The van der Waals surface area contributed by atoms with Crippen LogP contribution in [-0.4, -0.2) is 34.2 Å². The normalized spacial score (nSPS) is 21.2. The highest BCUT2D eigenvalue weighted by atomic mass is 35.5. The number of para-hydroxylation sites is 1. The van der Waals surface area contributed by atoms with Crippen LogP contribution in [0.1, 0.15) is 60.2 Å². The number of aromatic nitrogens is 2. The SMILES string of the molecule is FCC1(Cn2ccnc2CN2CCC(c3cccc4c3O[C@H](c3ccc(Cl)cc3F)C=C4)CC2)CC1. The lowest BCUT2D eigenvalue weighted by Crippen LogP contribution is -2.34. The molecule has 4 nitrogen and oxygen atoms in total. The van der Waals surface area contributed by atoms with Crippen molar-refractivity contribution in [3.8, 4) is 5.75 Å². The van der Waals surface area contributed by atoms with Crippen LogP contribution in [0.25, 0.3) is 6.08 Å². The van der Waals surface area contributed by atoms with Crippen LogP contribution >= 0.6 is 11.6 Å². The number of piperidine rings is 1. The van der Waals surface area contributed by atoms with Crippen molar-refractivity contribution in [3.63, 3.8) is 0 Å². The van der Waals surface area contributed by atoms with Gasteiger partial charge in [-0.05, 0) is 68.5 Å². The molecule has 0 bridgehead atoms. The highest BCUT2D eigenvalue weighted by molar-refractivity contribution is 6.30. The topological polar surface area (TPSA) is 30.3 Å². The molecular formula is C29H30ClF2N3O. The zero-order valence-corrected chi connectivity index (χ0v) is 20.9. The van der Waals surface area contributed by atoms with Crippen LogP contribution in [0.15, 0.2) is 54.9 Å². The Morgan fingerprint density at radius 2 is 1.94 bits per heavy atom. The average molecular weight is 510 g/mol. The molecule has 2 aromatic carbocycles. The van der Waals surface area contributed by atoms with Gasteiger partial charge in [0, 0.05) is 40.5 Å². The van der Waals surface area contributed by atoms with E-state index in [0.29, 0.717) is 16.5 Å². The van der Waals surface area contributed by atoms with Crippen molar-refractivity contribution in [2.45, 2.75) is 50.8 Å². The van der Waals surface area contributed by atoms with Crippen molar-refractivity contribution >= 4 is 17.7 Å². The van der Waals surface area contributed by atoms with Gasteiger partial charge in [-0.25, -0.2) is 9.37 Å². The summed E-state index contributed by atoms with van der Waals surface area (Å²) in [5, 5.41) is 0.376. The van der Waals surface area contributed by atoms with Gasteiger partial charge in [-0.2, -0.15) is 0 Å². The zero-order chi connectivity index (χ0) is 24.7. The molecule has 0 radical (unpaired) electrons. The van der Waals surface area contributed by atoms with Crippen LogP contribution in [0, 0.1) is 11.2 Å². The number of benzene rings is 2. The Labute approximate surface area is 215 Å². The Hall–Kier alpha value is -2.70. The van der Waals surface area contributed by atoms with Gasteiger partial charge < -0.3 is 9.30 Å². The minimum absolute atomic E-state index is 0.157. The van der Waals surface area contributed by atoms with Crippen molar-refractivity contribution < 1.29 is 13.5 Å². The van der Waals surface area contributed by atoms with Crippen molar-refractivity contribution in [1.82, 2.24) is 14.5 Å². The van der Waals surface area contributed by atoms with Gasteiger partial charge in [-0.15, -0.1) is 0 Å². The molecule has 0 unspecified atom stereocenters. The van der Waals surface area contributed by atoms with Gasteiger partial charge in [0.15, 0.2) is 0 Å². The highest BCUT2D eigenvalue weighted by Crippen LogP contribution is 2.47. The van der Waals surface area contributed by atoms with E-state index in [2.05, 4.69) is 26.6 Å². The first kappa shape index (κ1) is 23.7. The van der Waals surface area contributed by atoms with E-state index in [1.807, 2.05) is 30.6 Å². The fourth-order valence-electron chi connectivity index (χ4n) is 5.53. The predicted octanol–water partition coefficient (Wildman–Crippen LogP) is 6.95. The number of nitrogens with zero attached hydrogens (tertiary/aromatic N) is 3. The van der Waals surface area contributed by atoms with E-state index in [0.717, 1.165) is 69.0 Å². The first-order valence-corrected chi connectivity index (χ1v) is 13.1. The summed E-state index contributed by atoms with van der Waals surface area (Å²) in [7, 11) is 0. The van der Waals surface area contributed by atoms with Gasteiger partial charge in [0.1, 0.15) is 23.5 Å². The van der Waals surface area contributed by atoms with Gasteiger partial charge in [0.05, 0.1) is 13.2 Å². The highest BCUT2D eigenvalue weighted by Gasteiger charge is 2.43. The van der Waals surface area contributed by atoms with Crippen LogP contribution in [0.4, 0.5) is 8.78 Å². The second-order valence-electron chi connectivity index (χ2n) is 10.5. The summed E-state index contributed by atoms with van der Waals surface area (Å²) in [4.78, 5) is 7.01. The molecule has 188 valence electrons. The van der Waals surface area contributed by atoms with Crippen LogP contribution in [0.5, 0.6) is 5.75 Å². The summed E-state index contributed by atoms with van der Waals surface area (Å²) in [6.07, 6.45) is 11.2. The van der Waals surface area contributed by atoms with Crippen LogP contribution in [0.2, 0.25) is 5.02 Å². The lowest BCUT2D eigenvalue weighted by molar-refractivity contribution is 0.190. The number of halogens is 3. The number of hydrogen-bond acceptors (Lipinski definition) is 3. The zero-order valence-electron chi connectivity index (χ0n) is 20.2. The fraction of sp³-hybridized carbons (Fsp3) is 0.414. The van der Waals surface area contributed by atoms with E-state index >= 15 is 0 Å². The number of imidazole rings is 1. The van der Waals surface area contributed by atoms with Crippen molar-refractivity contribution in [3.05, 3.63) is 88.2 Å². The van der Waals surface area contributed by atoms with Crippen molar-refractivity contribution in [2.24, 2.45) is 5.41 Å². The molecule has 1 aliphatic carbocycles. The second kappa shape index (κ2) is 9.64. The van der Waals surface area contributed by atoms with E-state index < -0.39 is 6.10 Å². The van der Waals surface area contributed by atoms with Crippen molar-refractivity contribution in [1.29, 1.82) is 0 Å². The van der Waals surface area contributed by atoms with Gasteiger partial charge >= 0.3 is 0 Å². The van der Waals surface area contributed by atoms with E-state index in [-0.39, 0.29) is 17.9 Å². The molecule has 3 aliphatic rings. The summed E-state index contributed by atoms with van der Waals surface area (Å²) < 4.78 is 36.5. The smallest absolute Gasteiger partial charge is 0.145 e. The van der Waals surface area contributed by atoms with Gasteiger partial charge in [-0.3, -0.25) is 9.29 Å². The Morgan fingerprint density at radius 1 is 1.11 bits per heavy atom. The number of hydrogen-bond donors (Lipinski definition) is 0. The van der Waals surface area contributed by atoms with E-state index in [4.69, 9.17) is 16.3 Å². The second-order valence-corrected chi connectivity index (χ2v) is 10.9. The first-order valence-electron chi connectivity index (χ1n) is 12.7. The molecule has 2 fully saturated rings. The Balaban J connectivity index is 1.13. The third-order valence-electron chi connectivity index (χ3n) is 7.98. The molecule has 0 N–H and O–H groups in total. The maximum atomic E-state index is 14.6. The van der Waals surface area contributed by atoms with E-state index in [1.54, 1.807) is 12.1 Å². The largest absolute Gasteiger partial charge is 0.481 e. The number of alkyl halides is 1. The molecule has 1 aromatic heterocycles. The quantitative estimate of drug-likeness (QED) is 0.345. The molecule has 6 rings (SSSR count). The maximum absolute atomic E-state index is 14.6. The van der Waals surface area contributed by atoms with Crippen LogP contribution in [-0.2, 0) is 13.1 Å². The van der Waals surface area contributed by atoms with Crippen LogP contribution < -0.4 is 4.74 Å². The summed E-state index contributed by atoms with van der Waals surface area (Å²) in [5.41, 5.74) is 2.55. The molecule has 0 spiro atoms. The molecule has 1 saturated carbocycles. The number of ether oxygens (including phenoxy) is 1. The summed E-state index contributed by atoms with van der Waals surface area (Å²) in [6.45, 7) is 3.18. The standard InChI is InChI=1S/C29H30ClF2N3O/c30-22-5-6-24(25(32)16-22)26-7-4-21-2-1-3-23(28(21)36-26)20-8-13-34(14-9-20)17-27-33-12-15-35(27)19-29(18-31)10-11-29/h1-7,12,15-16,20,26H,8-11,13-14,17-19H2/t26-/m0/s1. The fourth-order valence-corrected chi connectivity index (χ4v) is 5.69. The molecule has 7 heteroatoms. The third kappa shape index (κ3) is 4.69. The first-order chi connectivity index (χ1) is 17.5. The number of likely N-dealkylation sites (tertiary alicyclic amines) is 1. The van der Waals surface area contributed by atoms with E-state index in [1.165, 1.54) is 11.6 Å². The molecule has 1 saturated heterocycles. The monoisotopic (exact) mass is 509 g/mol. The molecule has 0 amide bonds. The lowest BCUT2D eigenvalue weighted by atomic mass is 9.87. The summed E-state index contributed by atoms with van der Waals surface area (Å²) in [5.74, 6) is 1.89. The van der Waals surface area contributed by atoms with Gasteiger partial charge in [0.25, 0.3) is 0 Å². The number of rotatable bonds is 7. The Bertz CT molecular complexity index is 1280. The molecular weight excluding hydrogens is 480 g/mol. The van der Waals surface area contributed by atoms with E-state index in [9.17, 15) is 8.78 Å². The van der Waals surface area contributed by atoms with Gasteiger partial charge in [0.2, 0.25) is 0 Å². The third-order valence-corrected chi connectivity index (χ3v) is 8.22. The molecule has 36 heavy (non-hydrogen) atoms. The molecule has 3 aromatic rings. The Kier molecular flexibility index (Phi) is 6.34. The molecule has 1 atom stereocenters. The van der Waals surface area contributed by atoms with Crippen molar-refractivity contribution in [2.75, 3.05) is 19.8 Å². The summed E-state index contributed by atoms with van der Waals surface area (Å²) in [6, 6.07) is 11.0. The minimum Gasteiger partial charge on any atom is -0.481 e. The minimum atomic E-state index is -0.478. The lowest BCUT2D eigenvalue weighted by Gasteiger charge is -2.34. The molecule has 3 heterocycles. The molecule has 2 aliphatic heterocycles. The average Bonchev–Trinajstić information content (AvgIpc) is 3.55. The number of fused-ring (bicyclic) bond motifs is 1. The Morgan fingerprint density at radius 3 is 2.69 bits per heavy atom. The maximum Gasteiger partial charge on any atom is 0.145 e. The van der Waals surface area contributed by atoms with Gasteiger partial charge in [-0.1, -0.05) is 41.9 Å². The predicted molar refractivity (Wildman–Crippen MR) is 137 cm³/mol. The van der Waals surface area contributed by atoms with Crippen LogP contribution in [0.3, 0.4) is 0 Å². The summed E-state index contributed by atoms with van der Waals surface area (Å²) >= 11 is 5.94.